The van der Waals surface area contributed by atoms with Crippen molar-refractivity contribution in [2.75, 3.05) is 18.4 Å². The van der Waals surface area contributed by atoms with Crippen molar-refractivity contribution in [2.24, 2.45) is 5.92 Å². The number of hydrogen-bond acceptors (Lipinski definition) is 3. The summed E-state index contributed by atoms with van der Waals surface area (Å²) in [5, 5.41) is 6.83. The van der Waals surface area contributed by atoms with E-state index in [0.29, 0.717) is 17.3 Å². The summed E-state index contributed by atoms with van der Waals surface area (Å²) in [7, 11) is 0. The zero-order chi connectivity index (χ0) is 19.6. The van der Waals surface area contributed by atoms with Crippen LogP contribution in [0.5, 0.6) is 0 Å². The van der Waals surface area contributed by atoms with E-state index in [1.807, 2.05) is 24.3 Å². The van der Waals surface area contributed by atoms with Gasteiger partial charge in [-0.3, -0.25) is 9.59 Å². The Morgan fingerprint density at radius 3 is 2.74 bits per heavy atom. The van der Waals surface area contributed by atoms with E-state index in [4.69, 9.17) is 0 Å². The second kappa shape index (κ2) is 7.71. The molecular weight excluding hydrogens is 429 g/mol. The Morgan fingerprint density at radius 1 is 1.30 bits per heavy atom. The van der Waals surface area contributed by atoms with Gasteiger partial charge in [-0.2, -0.15) is 18.3 Å². The maximum Gasteiger partial charge on any atom is 0.406 e. The Morgan fingerprint density at radius 2 is 2.04 bits per heavy atom. The second-order valence-electron chi connectivity index (χ2n) is 6.25. The smallest absolute Gasteiger partial charge is 0.333 e. The van der Waals surface area contributed by atoms with Gasteiger partial charge >= 0.3 is 6.18 Å². The van der Waals surface area contributed by atoms with Crippen LogP contribution in [-0.4, -0.2) is 45.8 Å². The third kappa shape index (κ3) is 4.88. The molecule has 1 unspecified atom stereocenters. The SMILES string of the molecule is O=C(Nc1ccnn1Cc1ccccc1Br)C1CC(=O)N(CC(F)(F)F)C1. The highest BCUT2D eigenvalue weighted by Gasteiger charge is 2.40. The summed E-state index contributed by atoms with van der Waals surface area (Å²) in [5.41, 5.74) is 0.948. The topological polar surface area (TPSA) is 67.2 Å². The maximum absolute atomic E-state index is 12.5. The molecule has 27 heavy (non-hydrogen) atoms. The van der Waals surface area contributed by atoms with Gasteiger partial charge in [-0.15, -0.1) is 0 Å². The van der Waals surface area contributed by atoms with Crippen LogP contribution in [-0.2, 0) is 16.1 Å². The number of nitrogens with zero attached hydrogens (tertiary/aromatic N) is 3. The number of benzene rings is 1. The summed E-state index contributed by atoms with van der Waals surface area (Å²) >= 11 is 3.45. The quantitative estimate of drug-likeness (QED) is 0.770. The Hall–Kier alpha value is -2.36. The number of likely N-dealkylation sites (tertiary alicyclic amines) is 1. The van der Waals surface area contributed by atoms with Crippen LogP contribution in [0.25, 0.3) is 0 Å². The zero-order valence-corrected chi connectivity index (χ0v) is 15.6. The number of amides is 2. The van der Waals surface area contributed by atoms with Crippen molar-refractivity contribution in [3.8, 4) is 0 Å². The number of rotatable bonds is 5. The number of anilines is 1. The fraction of sp³-hybridized carbons (Fsp3) is 0.353. The molecule has 1 aromatic heterocycles. The monoisotopic (exact) mass is 444 g/mol. The fourth-order valence-corrected chi connectivity index (χ4v) is 3.31. The Kier molecular flexibility index (Phi) is 5.54. The summed E-state index contributed by atoms with van der Waals surface area (Å²) in [6.07, 6.45) is -3.20. The predicted molar refractivity (Wildman–Crippen MR) is 94.8 cm³/mol. The van der Waals surface area contributed by atoms with Gasteiger partial charge in [0.1, 0.15) is 12.4 Å². The van der Waals surface area contributed by atoms with Crippen LogP contribution in [0, 0.1) is 5.92 Å². The van der Waals surface area contributed by atoms with E-state index in [1.165, 1.54) is 6.20 Å². The van der Waals surface area contributed by atoms with Gasteiger partial charge in [-0.1, -0.05) is 34.1 Å². The van der Waals surface area contributed by atoms with Gasteiger partial charge in [0.05, 0.1) is 18.7 Å². The molecule has 3 rings (SSSR count). The lowest BCUT2D eigenvalue weighted by atomic mass is 10.1. The molecule has 1 fully saturated rings. The molecule has 0 spiro atoms. The summed E-state index contributed by atoms with van der Waals surface area (Å²) in [5.74, 6) is -1.58. The van der Waals surface area contributed by atoms with Crippen molar-refractivity contribution in [1.82, 2.24) is 14.7 Å². The number of alkyl halides is 3. The van der Waals surface area contributed by atoms with Crippen molar-refractivity contribution in [3.05, 3.63) is 46.6 Å². The molecule has 2 amide bonds. The molecule has 6 nitrogen and oxygen atoms in total. The van der Waals surface area contributed by atoms with E-state index in [1.54, 1.807) is 10.7 Å². The van der Waals surface area contributed by atoms with Crippen LogP contribution in [0.2, 0.25) is 0 Å². The fourth-order valence-electron chi connectivity index (χ4n) is 2.90. The number of nitrogens with one attached hydrogen (secondary N) is 1. The lowest BCUT2D eigenvalue weighted by molar-refractivity contribution is -0.157. The first-order valence-corrected chi connectivity index (χ1v) is 8.93. The highest BCUT2D eigenvalue weighted by Crippen LogP contribution is 2.25. The third-order valence-electron chi connectivity index (χ3n) is 4.20. The molecule has 0 radical (unpaired) electrons. The molecule has 1 N–H and O–H groups in total. The molecule has 2 aromatic rings. The summed E-state index contributed by atoms with van der Waals surface area (Å²) in [6.45, 7) is -1.19. The number of hydrogen-bond donors (Lipinski definition) is 1. The minimum Gasteiger partial charge on any atom is -0.333 e. The number of carbonyl (C=O) groups is 2. The Bertz CT molecular complexity index is 853. The lowest BCUT2D eigenvalue weighted by Gasteiger charge is -2.18. The highest BCUT2D eigenvalue weighted by atomic mass is 79.9. The Labute approximate surface area is 161 Å². The Balaban J connectivity index is 1.65. The van der Waals surface area contributed by atoms with E-state index in [-0.39, 0.29) is 13.0 Å². The average molecular weight is 445 g/mol. The summed E-state index contributed by atoms with van der Waals surface area (Å²) < 4.78 is 40.0. The zero-order valence-electron chi connectivity index (χ0n) is 14.0. The highest BCUT2D eigenvalue weighted by molar-refractivity contribution is 9.10. The first-order valence-electron chi connectivity index (χ1n) is 8.13. The summed E-state index contributed by atoms with van der Waals surface area (Å²) in [4.78, 5) is 24.8. The average Bonchev–Trinajstić information content (AvgIpc) is 3.15. The number of carbonyl (C=O) groups excluding carboxylic acids is 2. The van der Waals surface area contributed by atoms with Gasteiger partial charge in [0.15, 0.2) is 0 Å². The molecule has 144 valence electrons. The van der Waals surface area contributed by atoms with E-state index < -0.39 is 30.5 Å². The van der Waals surface area contributed by atoms with E-state index >= 15 is 0 Å². The van der Waals surface area contributed by atoms with E-state index in [9.17, 15) is 22.8 Å². The first kappa shape index (κ1) is 19.4. The largest absolute Gasteiger partial charge is 0.406 e. The van der Waals surface area contributed by atoms with Crippen molar-refractivity contribution in [1.29, 1.82) is 0 Å². The molecule has 1 atom stereocenters. The molecule has 10 heteroatoms. The van der Waals surface area contributed by atoms with Gasteiger partial charge in [-0.25, -0.2) is 4.68 Å². The van der Waals surface area contributed by atoms with Crippen LogP contribution in [0.4, 0.5) is 19.0 Å². The molecule has 1 aromatic carbocycles. The standard InChI is InChI=1S/C17H16BrF3N4O2/c18-13-4-2-1-3-11(13)9-25-14(5-6-22-25)23-16(27)12-7-15(26)24(8-12)10-17(19,20)21/h1-6,12H,7-10H2,(H,23,27). The summed E-state index contributed by atoms with van der Waals surface area (Å²) in [6, 6.07) is 9.14. The molecule has 0 saturated carbocycles. The lowest BCUT2D eigenvalue weighted by Crippen LogP contribution is -2.36. The number of aromatic nitrogens is 2. The molecule has 1 aliphatic heterocycles. The van der Waals surface area contributed by atoms with Gasteiger partial charge in [0, 0.05) is 23.5 Å². The van der Waals surface area contributed by atoms with Crippen molar-refractivity contribution >= 4 is 33.6 Å². The van der Waals surface area contributed by atoms with Gasteiger partial charge in [-0.05, 0) is 11.6 Å². The van der Waals surface area contributed by atoms with Crippen LogP contribution < -0.4 is 5.32 Å². The molecule has 0 aliphatic carbocycles. The van der Waals surface area contributed by atoms with E-state index in [0.717, 1.165) is 10.0 Å². The van der Waals surface area contributed by atoms with Gasteiger partial charge in [0.2, 0.25) is 11.8 Å². The van der Waals surface area contributed by atoms with Crippen LogP contribution in [0.1, 0.15) is 12.0 Å². The van der Waals surface area contributed by atoms with Crippen LogP contribution >= 0.6 is 15.9 Å². The number of halogens is 4. The van der Waals surface area contributed by atoms with Crippen LogP contribution in [0.3, 0.4) is 0 Å². The first-order chi connectivity index (χ1) is 12.7. The minimum absolute atomic E-state index is 0.236. The van der Waals surface area contributed by atoms with E-state index in [2.05, 4.69) is 26.3 Å². The predicted octanol–water partition coefficient (Wildman–Crippen LogP) is 3.04. The van der Waals surface area contributed by atoms with Gasteiger partial charge < -0.3 is 10.2 Å². The molecule has 0 bridgehead atoms. The molecular formula is C17H16BrF3N4O2. The van der Waals surface area contributed by atoms with Crippen molar-refractivity contribution < 1.29 is 22.8 Å². The second-order valence-corrected chi connectivity index (χ2v) is 7.10. The normalized spacial score (nSPS) is 17.4. The molecule has 2 heterocycles. The van der Waals surface area contributed by atoms with Gasteiger partial charge in [0.25, 0.3) is 0 Å². The molecule has 1 saturated heterocycles. The van der Waals surface area contributed by atoms with Crippen LogP contribution in [0.15, 0.2) is 41.0 Å². The van der Waals surface area contributed by atoms with Crippen molar-refractivity contribution in [3.63, 3.8) is 0 Å². The third-order valence-corrected chi connectivity index (χ3v) is 4.97. The van der Waals surface area contributed by atoms with Crippen molar-refractivity contribution in [2.45, 2.75) is 19.1 Å². The molecule has 1 aliphatic rings. The maximum atomic E-state index is 12.5. The minimum atomic E-state index is -4.48.